The van der Waals surface area contributed by atoms with E-state index in [1.807, 2.05) is 36.4 Å². The molecule has 20 heavy (non-hydrogen) atoms. The van der Waals surface area contributed by atoms with Gasteiger partial charge in [-0.05, 0) is 24.9 Å². The van der Waals surface area contributed by atoms with E-state index in [0.29, 0.717) is 11.4 Å². The number of amides is 1. The number of alkyl halides is 2. The molecular formula is C14H12Cl2N2OS. The van der Waals surface area contributed by atoms with Crippen molar-refractivity contribution in [1.82, 2.24) is 4.37 Å². The highest BCUT2D eigenvalue weighted by atomic mass is 35.5. The zero-order valence-electron chi connectivity index (χ0n) is 10.7. The summed E-state index contributed by atoms with van der Waals surface area (Å²) in [7, 11) is 0. The van der Waals surface area contributed by atoms with Gasteiger partial charge >= 0.3 is 0 Å². The van der Waals surface area contributed by atoms with E-state index < -0.39 is 9.75 Å². The lowest BCUT2D eigenvalue weighted by molar-refractivity contribution is -0.120. The fourth-order valence-corrected chi connectivity index (χ4v) is 3.34. The molecule has 1 aliphatic carbocycles. The van der Waals surface area contributed by atoms with Gasteiger partial charge < -0.3 is 5.32 Å². The Hall–Kier alpha value is -1.10. The summed E-state index contributed by atoms with van der Waals surface area (Å²) in [4.78, 5) is 12.2. The summed E-state index contributed by atoms with van der Waals surface area (Å²) in [6, 6.07) is 11.7. The fourth-order valence-electron chi connectivity index (χ4n) is 1.98. The smallest absolute Gasteiger partial charge is 0.234 e. The van der Waals surface area contributed by atoms with Crippen LogP contribution in [0.3, 0.4) is 0 Å². The topological polar surface area (TPSA) is 42.0 Å². The molecular weight excluding hydrogens is 315 g/mol. The van der Waals surface area contributed by atoms with Gasteiger partial charge in [0.1, 0.15) is 9.33 Å². The zero-order valence-corrected chi connectivity index (χ0v) is 13.0. The first-order valence-corrected chi connectivity index (χ1v) is 7.67. The number of halogens is 2. The number of hydrogen-bond acceptors (Lipinski definition) is 3. The molecule has 6 heteroatoms. The minimum atomic E-state index is -0.954. The highest BCUT2D eigenvalue weighted by molar-refractivity contribution is 7.10. The van der Waals surface area contributed by atoms with E-state index >= 15 is 0 Å². The van der Waals surface area contributed by atoms with Crippen LogP contribution < -0.4 is 5.32 Å². The maximum absolute atomic E-state index is 12.2. The van der Waals surface area contributed by atoms with Crippen molar-refractivity contribution in [2.24, 2.45) is 5.41 Å². The average molecular weight is 327 g/mol. The summed E-state index contributed by atoms with van der Waals surface area (Å²) in [5.41, 5.74) is 1.15. The first kappa shape index (κ1) is 13.9. The number of nitrogens with zero attached hydrogens (tertiary/aromatic N) is 1. The van der Waals surface area contributed by atoms with E-state index in [0.717, 1.165) is 11.3 Å². The molecule has 1 fully saturated rings. The molecule has 1 heterocycles. The Morgan fingerprint density at radius 2 is 2.00 bits per heavy atom. The predicted octanol–water partition coefficient (Wildman–Crippen LogP) is 4.33. The van der Waals surface area contributed by atoms with Crippen LogP contribution in [-0.2, 0) is 4.79 Å². The highest BCUT2D eigenvalue weighted by Crippen LogP contribution is 2.64. The fraction of sp³-hybridized carbons (Fsp3) is 0.286. The van der Waals surface area contributed by atoms with Crippen molar-refractivity contribution in [3.63, 3.8) is 0 Å². The molecule has 2 aromatic rings. The number of nitrogens with one attached hydrogen (secondary N) is 1. The van der Waals surface area contributed by atoms with Gasteiger partial charge in [0, 0.05) is 11.6 Å². The summed E-state index contributed by atoms with van der Waals surface area (Å²) in [5, 5.41) is 3.54. The second kappa shape index (κ2) is 4.72. The van der Waals surface area contributed by atoms with Crippen LogP contribution in [0.5, 0.6) is 0 Å². The molecule has 3 rings (SSSR count). The van der Waals surface area contributed by atoms with E-state index in [1.165, 1.54) is 11.5 Å². The van der Waals surface area contributed by atoms with Crippen LogP contribution in [0.15, 0.2) is 36.4 Å². The van der Waals surface area contributed by atoms with Gasteiger partial charge in [-0.3, -0.25) is 4.79 Å². The normalized spacial score (nSPS) is 23.4. The molecule has 0 unspecified atom stereocenters. The van der Waals surface area contributed by atoms with Crippen LogP contribution >= 0.6 is 34.7 Å². The van der Waals surface area contributed by atoms with Crippen molar-refractivity contribution in [1.29, 1.82) is 0 Å². The summed E-state index contributed by atoms with van der Waals surface area (Å²) >= 11 is 13.3. The molecule has 0 spiro atoms. The third-order valence-electron chi connectivity index (χ3n) is 3.58. The zero-order chi connectivity index (χ0) is 14.4. The summed E-state index contributed by atoms with van der Waals surface area (Å²) in [5.74, 6) is -0.161. The number of anilines is 1. The van der Waals surface area contributed by atoms with Crippen LogP contribution in [0.2, 0.25) is 0 Å². The van der Waals surface area contributed by atoms with E-state index in [-0.39, 0.29) is 5.91 Å². The molecule has 1 amide bonds. The van der Waals surface area contributed by atoms with Crippen LogP contribution in [0, 0.1) is 5.41 Å². The van der Waals surface area contributed by atoms with Crippen LogP contribution in [-0.4, -0.2) is 14.6 Å². The number of hydrogen-bond donors (Lipinski definition) is 1. The molecule has 1 aliphatic rings. The number of benzene rings is 1. The molecule has 0 saturated heterocycles. The first-order valence-electron chi connectivity index (χ1n) is 6.14. The van der Waals surface area contributed by atoms with Crippen molar-refractivity contribution in [2.75, 3.05) is 5.32 Å². The average Bonchev–Trinajstić information content (AvgIpc) is 2.78. The van der Waals surface area contributed by atoms with Crippen molar-refractivity contribution < 1.29 is 4.79 Å². The Morgan fingerprint density at radius 1 is 1.35 bits per heavy atom. The van der Waals surface area contributed by atoms with E-state index in [9.17, 15) is 4.79 Å². The minimum absolute atomic E-state index is 0.161. The third-order valence-corrected chi connectivity index (χ3v) is 5.38. The van der Waals surface area contributed by atoms with Crippen molar-refractivity contribution >= 4 is 45.6 Å². The third kappa shape index (κ3) is 2.32. The summed E-state index contributed by atoms with van der Waals surface area (Å²) < 4.78 is 3.38. The number of rotatable bonds is 3. The lowest BCUT2D eigenvalue weighted by Crippen LogP contribution is -2.25. The van der Waals surface area contributed by atoms with Crippen molar-refractivity contribution in [3.05, 3.63) is 36.4 Å². The first-order chi connectivity index (χ1) is 9.42. The predicted molar refractivity (Wildman–Crippen MR) is 83.3 cm³/mol. The molecule has 1 saturated carbocycles. The molecule has 0 bridgehead atoms. The molecule has 1 atom stereocenters. The molecule has 0 radical (unpaired) electrons. The summed E-state index contributed by atoms with van der Waals surface area (Å²) in [6.07, 6.45) is 0.472. The summed E-state index contributed by atoms with van der Waals surface area (Å²) in [6.45, 7) is 1.77. The maximum atomic E-state index is 12.2. The van der Waals surface area contributed by atoms with Gasteiger partial charge in [-0.2, -0.15) is 4.37 Å². The Labute approximate surface area is 131 Å². The molecule has 104 valence electrons. The van der Waals surface area contributed by atoms with Gasteiger partial charge in [0.2, 0.25) is 5.91 Å². The van der Waals surface area contributed by atoms with Gasteiger partial charge in [0.25, 0.3) is 0 Å². The Kier molecular flexibility index (Phi) is 3.27. The minimum Gasteiger partial charge on any atom is -0.316 e. The monoisotopic (exact) mass is 326 g/mol. The van der Waals surface area contributed by atoms with Crippen LogP contribution in [0.4, 0.5) is 5.00 Å². The number of carbonyl (C=O) groups excluding carboxylic acids is 1. The van der Waals surface area contributed by atoms with Gasteiger partial charge in [0.05, 0.1) is 11.1 Å². The van der Waals surface area contributed by atoms with Crippen LogP contribution in [0.1, 0.15) is 13.3 Å². The van der Waals surface area contributed by atoms with Crippen molar-refractivity contribution in [2.45, 2.75) is 17.7 Å². The maximum Gasteiger partial charge on any atom is 0.234 e. The van der Waals surface area contributed by atoms with E-state index in [1.54, 1.807) is 6.92 Å². The highest BCUT2D eigenvalue weighted by Gasteiger charge is 2.67. The molecule has 1 aromatic heterocycles. The second-order valence-corrected chi connectivity index (χ2v) is 7.40. The molecule has 0 aliphatic heterocycles. The van der Waals surface area contributed by atoms with Crippen LogP contribution in [0.25, 0.3) is 11.3 Å². The molecule has 3 nitrogen and oxygen atoms in total. The Balaban J connectivity index is 1.74. The lowest BCUT2D eigenvalue weighted by atomic mass is 10.1. The van der Waals surface area contributed by atoms with Crippen molar-refractivity contribution in [3.8, 4) is 11.3 Å². The second-order valence-electron chi connectivity index (χ2n) is 5.11. The van der Waals surface area contributed by atoms with Gasteiger partial charge in [-0.1, -0.05) is 30.3 Å². The molecule has 1 N–H and O–H groups in total. The number of carbonyl (C=O) groups is 1. The van der Waals surface area contributed by atoms with Gasteiger partial charge in [-0.15, -0.1) is 23.2 Å². The standard InChI is InChI=1S/C14H12Cl2N2OS/c1-13(8-14(13,15)16)12(19)17-11-7-10(18-20-11)9-5-3-2-4-6-9/h2-7H,8H2,1H3,(H,17,19)/t13-/m1/s1. The SMILES string of the molecule is C[C@]1(C(=O)Nc2cc(-c3ccccc3)ns2)CC1(Cl)Cl. The van der Waals surface area contributed by atoms with Gasteiger partial charge in [-0.25, -0.2) is 0 Å². The largest absolute Gasteiger partial charge is 0.316 e. The van der Waals surface area contributed by atoms with E-state index in [4.69, 9.17) is 23.2 Å². The Morgan fingerprint density at radius 3 is 2.60 bits per heavy atom. The Bertz CT molecular complexity index is 656. The number of aromatic nitrogens is 1. The van der Waals surface area contributed by atoms with Gasteiger partial charge in [0.15, 0.2) is 0 Å². The molecule has 1 aromatic carbocycles. The quantitative estimate of drug-likeness (QED) is 0.853. The lowest BCUT2D eigenvalue weighted by Gasteiger charge is -2.10. The van der Waals surface area contributed by atoms with E-state index in [2.05, 4.69) is 9.69 Å².